The van der Waals surface area contributed by atoms with Gasteiger partial charge in [-0.05, 0) is 157 Å². The maximum Gasteiger partial charge on any atom is 0.312 e. The number of nitrogens with zero attached hydrogens (tertiary/aromatic N) is 3. The summed E-state index contributed by atoms with van der Waals surface area (Å²) in [5.41, 5.74) is 2.83. The zero-order valence-electron chi connectivity index (χ0n) is 32.0. The molecule has 5 aliphatic rings. The Morgan fingerprint density at radius 1 is 0.902 bits per heavy atom. The molecule has 2 aromatic carbocycles. The monoisotopic (exact) mass is 693 g/mol. The molecule has 1 N–H and O–H groups in total. The molecule has 0 bridgehead atoms. The van der Waals surface area contributed by atoms with Crippen LogP contribution in [0.25, 0.3) is 16.5 Å². The first kappa shape index (κ1) is 34.9. The van der Waals surface area contributed by atoms with Crippen LogP contribution in [0.2, 0.25) is 0 Å². The van der Waals surface area contributed by atoms with E-state index < -0.39 is 5.41 Å². The van der Waals surface area contributed by atoms with Crippen LogP contribution in [0, 0.1) is 56.7 Å². The van der Waals surface area contributed by atoms with Gasteiger partial charge in [-0.15, -0.1) is 5.10 Å². The summed E-state index contributed by atoms with van der Waals surface area (Å²) in [5, 5.41) is 22.1. The Labute approximate surface area is 304 Å². The van der Waals surface area contributed by atoms with Gasteiger partial charge in [-0.2, -0.15) is 0 Å². The molecule has 0 spiro atoms. The van der Waals surface area contributed by atoms with E-state index in [9.17, 15) is 9.90 Å². The van der Waals surface area contributed by atoms with Crippen molar-refractivity contribution >= 4 is 16.7 Å². The number of carbonyl (C=O) groups is 1. The van der Waals surface area contributed by atoms with Crippen molar-refractivity contribution in [1.82, 2.24) is 15.0 Å². The summed E-state index contributed by atoms with van der Waals surface area (Å²) in [6.45, 7) is 19.3. The largest absolute Gasteiger partial charge is 0.497 e. The number of benzene rings is 2. The van der Waals surface area contributed by atoms with Gasteiger partial charge in [0.15, 0.2) is 0 Å². The Morgan fingerprint density at radius 3 is 2.43 bits per heavy atom. The number of aromatic nitrogens is 3. The van der Waals surface area contributed by atoms with Crippen LogP contribution in [-0.4, -0.2) is 39.3 Å². The topological polar surface area (TPSA) is 86.5 Å². The molecule has 274 valence electrons. The molecular formula is C44H59N3O4. The van der Waals surface area contributed by atoms with Gasteiger partial charge in [0.25, 0.3) is 0 Å². The van der Waals surface area contributed by atoms with Crippen LogP contribution < -0.4 is 4.74 Å². The van der Waals surface area contributed by atoms with Crippen LogP contribution in [0.1, 0.15) is 111 Å². The van der Waals surface area contributed by atoms with Crippen LogP contribution in [0.4, 0.5) is 0 Å². The molecule has 1 heterocycles. The molecule has 0 amide bonds. The lowest BCUT2D eigenvalue weighted by atomic mass is 9.32. The van der Waals surface area contributed by atoms with Gasteiger partial charge >= 0.3 is 5.97 Å². The number of ether oxygens (including phenoxy) is 2. The fourth-order valence-corrected chi connectivity index (χ4v) is 13.7. The van der Waals surface area contributed by atoms with E-state index in [1.54, 1.807) is 11.8 Å². The molecule has 0 saturated heterocycles. The number of esters is 1. The number of carbonyl (C=O) groups excluding carboxylic acids is 1. The summed E-state index contributed by atoms with van der Waals surface area (Å²) in [5.74, 6) is 3.01. The van der Waals surface area contributed by atoms with E-state index >= 15 is 0 Å². The number of hydrogen-bond acceptors (Lipinski definition) is 6. The summed E-state index contributed by atoms with van der Waals surface area (Å²) in [6.07, 6.45) is 12.3. The molecule has 5 aliphatic carbocycles. The van der Waals surface area contributed by atoms with Crippen molar-refractivity contribution in [2.45, 2.75) is 118 Å². The van der Waals surface area contributed by atoms with Crippen LogP contribution in [0.5, 0.6) is 5.75 Å². The van der Waals surface area contributed by atoms with Crippen molar-refractivity contribution in [3.63, 3.8) is 0 Å². The minimum atomic E-state index is -0.482. The minimum absolute atomic E-state index is 0.0431. The van der Waals surface area contributed by atoms with Crippen molar-refractivity contribution < 1.29 is 19.4 Å². The molecular weight excluding hydrogens is 635 g/mol. The summed E-state index contributed by atoms with van der Waals surface area (Å²) in [7, 11) is 1.68. The molecule has 1 aromatic heterocycles. The number of fused-ring (bicyclic) bond motifs is 8. The van der Waals surface area contributed by atoms with Gasteiger partial charge in [0.05, 0.1) is 30.5 Å². The fraction of sp³-hybridized carbons (Fsp3) is 0.659. The second-order valence-electron chi connectivity index (χ2n) is 18.8. The van der Waals surface area contributed by atoms with Crippen LogP contribution >= 0.6 is 0 Å². The lowest BCUT2D eigenvalue weighted by Crippen LogP contribution is -2.67. The quantitative estimate of drug-likeness (QED) is 0.205. The molecule has 0 aliphatic heterocycles. The maximum atomic E-state index is 14.6. The van der Waals surface area contributed by atoms with Crippen LogP contribution in [-0.2, 0) is 16.1 Å². The van der Waals surface area contributed by atoms with Gasteiger partial charge in [-0.1, -0.05) is 64.1 Å². The van der Waals surface area contributed by atoms with E-state index in [0.29, 0.717) is 29.4 Å². The lowest BCUT2D eigenvalue weighted by molar-refractivity contribution is -0.248. The van der Waals surface area contributed by atoms with Crippen LogP contribution in [0.3, 0.4) is 0 Å². The van der Waals surface area contributed by atoms with Gasteiger partial charge in [0.2, 0.25) is 0 Å². The third-order valence-electron chi connectivity index (χ3n) is 16.6. The highest BCUT2D eigenvalue weighted by atomic mass is 16.5. The smallest absolute Gasteiger partial charge is 0.312 e. The Balaban J connectivity index is 1.04. The molecule has 7 nitrogen and oxygen atoms in total. The first-order valence-corrected chi connectivity index (χ1v) is 19.7. The number of methoxy groups -OCH3 is 1. The first-order valence-electron chi connectivity index (χ1n) is 19.7. The summed E-state index contributed by atoms with van der Waals surface area (Å²) >= 11 is 0. The molecule has 8 rings (SSSR count). The van der Waals surface area contributed by atoms with Crippen molar-refractivity contribution in [1.29, 1.82) is 0 Å². The predicted octanol–water partition coefficient (Wildman–Crippen LogP) is 9.49. The zero-order chi connectivity index (χ0) is 36.1. The third-order valence-corrected chi connectivity index (χ3v) is 16.6. The predicted molar refractivity (Wildman–Crippen MR) is 200 cm³/mol. The normalized spacial score (nSPS) is 39.7. The zero-order valence-corrected chi connectivity index (χ0v) is 32.0. The number of aliphatic hydroxyl groups excluding tert-OH is 1. The summed E-state index contributed by atoms with van der Waals surface area (Å²) in [4.78, 5) is 14.6. The van der Waals surface area contributed by atoms with Gasteiger partial charge in [-0.25, -0.2) is 4.68 Å². The number of allylic oxidation sites excluding steroid dienone is 1. The van der Waals surface area contributed by atoms with Crippen molar-refractivity contribution in [3.8, 4) is 11.4 Å². The van der Waals surface area contributed by atoms with E-state index in [4.69, 9.17) is 9.47 Å². The molecule has 10 atom stereocenters. The fourth-order valence-electron chi connectivity index (χ4n) is 13.7. The van der Waals surface area contributed by atoms with E-state index in [0.717, 1.165) is 60.7 Å². The van der Waals surface area contributed by atoms with E-state index in [1.807, 2.05) is 30.5 Å². The standard InChI is InChI=1S/C44H59N3O4/c1-27(2)33-15-20-44(39(49)51-26-30-25-47(46-45-30)31-11-9-29-24-32(50-8)12-10-28(29)23-31)22-21-42(6)34(38(33)44)13-14-36-41(5)18-17-37(48)40(3,4)35(41)16-19-43(36,42)7/h9-12,23-25,33-38,48H,1,13-22,26H2,2-8H3/t33-,34+,35-,36+,37-,38+,41-,42+,43+,44-/m0/s1. The number of aliphatic hydroxyl groups is 1. The average molecular weight is 694 g/mol. The van der Waals surface area contributed by atoms with Crippen LogP contribution in [0.15, 0.2) is 54.7 Å². The Kier molecular flexibility index (Phi) is 8.15. The highest BCUT2D eigenvalue weighted by molar-refractivity contribution is 5.85. The molecule has 5 fully saturated rings. The van der Waals surface area contributed by atoms with Crippen molar-refractivity contribution in [2.24, 2.45) is 56.7 Å². The molecule has 7 heteroatoms. The average Bonchev–Trinajstić information content (AvgIpc) is 3.75. The minimum Gasteiger partial charge on any atom is -0.497 e. The third kappa shape index (κ3) is 4.95. The Bertz CT molecular complexity index is 1870. The van der Waals surface area contributed by atoms with Gasteiger partial charge in [0, 0.05) is 0 Å². The van der Waals surface area contributed by atoms with E-state index in [-0.39, 0.29) is 46.3 Å². The molecule has 5 saturated carbocycles. The lowest BCUT2D eigenvalue weighted by Gasteiger charge is -2.72. The van der Waals surface area contributed by atoms with E-state index in [2.05, 4.69) is 70.6 Å². The first-order chi connectivity index (χ1) is 24.2. The maximum absolute atomic E-state index is 14.6. The molecule has 0 unspecified atom stereocenters. The van der Waals surface area contributed by atoms with Crippen molar-refractivity contribution in [2.75, 3.05) is 7.11 Å². The van der Waals surface area contributed by atoms with Crippen molar-refractivity contribution in [3.05, 3.63) is 60.4 Å². The molecule has 3 aromatic rings. The SMILES string of the molecule is C=C(C)[C@@H]1CC[C@]2(C(=O)OCc3cn(-c4ccc5cc(OC)ccc5c4)nn3)CC[C@]3(C)[C@H](CC[C@@H]4[C@@]5(C)CC[C@H](O)C(C)(C)[C@@H]5CC[C@]43C)[C@@H]12. The Morgan fingerprint density at radius 2 is 1.67 bits per heavy atom. The van der Waals surface area contributed by atoms with Gasteiger partial charge in [0.1, 0.15) is 18.1 Å². The molecule has 0 radical (unpaired) electrons. The van der Waals surface area contributed by atoms with E-state index in [1.165, 1.54) is 31.3 Å². The summed E-state index contributed by atoms with van der Waals surface area (Å²) in [6, 6.07) is 12.2. The molecule has 51 heavy (non-hydrogen) atoms. The number of rotatable bonds is 6. The Hall–Kier alpha value is -3.19. The highest BCUT2D eigenvalue weighted by Crippen LogP contribution is 2.77. The summed E-state index contributed by atoms with van der Waals surface area (Å²) < 4.78 is 13.4. The second-order valence-corrected chi connectivity index (χ2v) is 18.8. The van der Waals surface area contributed by atoms with Gasteiger partial charge in [-0.3, -0.25) is 4.79 Å². The highest BCUT2D eigenvalue weighted by Gasteiger charge is 2.72. The van der Waals surface area contributed by atoms with Gasteiger partial charge < -0.3 is 14.6 Å². The second kappa shape index (κ2) is 11.9. The number of hydrogen-bond donors (Lipinski definition) is 1.